The highest BCUT2D eigenvalue weighted by atomic mass is 16.5. The van der Waals surface area contributed by atoms with Gasteiger partial charge in [0.1, 0.15) is 11.6 Å². The summed E-state index contributed by atoms with van der Waals surface area (Å²) < 4.78 is 5.18. The lowest BCUT2D eigenvalue weighted by molar-refractivity contribution is 0.318. The molecule has 1 aliphatic rings. The van der Waals surface area contributed by atoms with E-state index in [1.54, 1.807) is 7.11 Å². The second kappa shape index (κ2) is 6.73. The average molecular weight is 263 g/mol. The highest BCUT2D eigenvalue weighted by molar-refractivity contribution is 5.39. The van der Waals surface area contributed by atoms with Gasteiger partial charge in [0.05, 0.1) is 7.11 Å². The second-order valence-corrected chi connectivity index (χ2v) is 5.49. The fourth-order valence-corrected chi connectivity index (χ4v) is 2.93. The molecule has 106 valence electrons. The van der Waals surface area contributed by atoms with E-state index in [-0.39, 0.29) is 0 Å². The van der Waals surface area contributed by atoms with E-state index in [0.29, 0.717) is 11.9 Å². The highest BCUT2D eigenvalue weighted by Crippen LogP contribution is 2.29. The Bertz CT molecular complexity index is 400. The first kappa shape index (κ1) is 14.1. The summed E-state index contributed by atoms with van der Waals surface area (Å²) in [4.78, 5) is 8.64. The molecule has 4 nitrogen and oxygen atoms in total. The van der Waals surface area contributed by atoms with Crippen LogP contribution in [-0.4, -0.2) is 23.1 Å². The number of hydrogen-bond donors (Lipinski definition) is 1. The quantitative estimate of drug-likeness (QED) is 0.882. The number of rotatable bonds is 5. The Balaban J connectivity index is 1.90. The number of methoxy groups -OCH3 is 1. The number of aryl methyl sites for hydroxylation is 1. The minimum absolute atomic E-state index is 0.548. The number of anilines is 1. The number of nitrogens with zero attached hydrogens (tertiary/aromatic N) is 2. The van der Waals surface area contributed by atoms with Crippen molar-refractivity contribution >= 4 is 5.82 Å². The van der Waals surface area contributed by atoms with E-state index in [1.165, 1.54) is 38.5 Å². The molecule has 0 spiro atoms. The molecule has 0 amide bonds. The van der Waals surface area contributed by atoms with Crippen molar-refractivity contribution in [2.24, 2.45) is 5.92 Å². The van der Waals surface area contributed by atoms with Crippen molar-refractivity contribution in [2.75, 3.05) is 12.4 Å². The van der Waals surface area contributed by atoms with Crippen LogP contribution >= 0.6 is 0 Å². The van der Waals surface area contributed by atoms with Crippen molar-refractivity contribution in [1.82, 2.24) is 9.97 Å². The van der Waals surface area contributed by atoms with Crippen molar-refractivity contribution in [3.8, 4) is 5.88 Å². The minimum atomic E-state index is 0.548. The zero-order valence-electron chi connectivity index (χ0n) is 12.3. The van der Waals surface area contributed by atoms with Gasteiger partial charge >= 0.3 is 0 Å². The van der Waals surface area contributed by atoms with E-state index >= 15 is 0 Å². The second-order valence-electron chi connectivity index (χ2n) is 5.49. The van der Waals surface area contributed by atoms with Gasteiger partial charge in [-0.15, -0.1) is 0 Å². The van der Waals surface area contributed by atoms with Crippen LogP contribution in [-0.2, 0) is 0 Å². The van der Waals surface area contributed by atoms with Crippen LogP contribution in [0.2, 0.25) is 0 Å². The molecule has 0 radical (unpaired) electrons. The summed E-state index contributed by atoms with van der Waals surface area (Å²) in [5, 5.41) is 3.53. The van der Waals surface area contributed by atoms with E-state index in [0.717, 1.165) is 17.6 Å². The van der Waals surface area contributed by atoms with E-state index < -0.39 is 0 Å². The van der Waals surface area contributed by atoms with Crippen molar-refractivity contribution < 1.29 is 4.74 Å². The molecule has 0 saturated heterocycles. The summed E-state index contributed by atoms with van der Waals surface area (Å²) >= 11 is 0. The van der Waals surface area contributed by atoms with Crippen molar-refractivity contribution in [3.05, 3.63) is 11.9 Å². The fraction of sp³-hybridized carbons (Fsp3) is 0.733. The Hall–Kier alpha value is -1.32. The molecule has 1 fully saturated rings. The first-order chi connectivity index (χ1) is 9.21. The predicted molar refractivity (Wildman–Crippen MR) is 77.6 cm³/mol. The Morgan fingerprint density at radius 3 is 2.63 bits per heavy atom. The van der Waals surface area contributed by atoms with Crippen molar-refractivity contribution in [3.63, 3.8) is 0 Å². The zero-order chi connectivity index (χ0) is 13.7. The number of nitrogens with one attached hydrogen (secondary N) is 1. The van der Waals surface area contributed by atoms with Crippen molar-refractivity contribution in [1.29, 1.82) is 0 Å². The van der Waals surface area contributed by atoms with Crippen LogP contribution < -0.4 is 10.1 Å². The topological polar surface area (TPSA) is 47.0 Å². The maximum Gasteiger partial charge on any atom is 0.218 e. The molecule has 1 aromatic heterocycles. The number of ether oxygens (including phenoxy) is 1. The summed E-state index contributed by atoms with van der Waals surface area (Å²) in [7, 11) is 1.64. The summed E-state index contributed by atoms with van der Waals surface area (Å²) in [6, 6.07) is 2.43. The summed E-state index contributed by atoms with van der Waals surface area (Å²) in [5.74, 6) is 3.21. The largest absolute Gasteiger partial charge is 0.481 e. The first-order valence-corrected chi connectivity index (χ1v) is 7.37. The molecule has 0 unspecified atom stereocenters. The lowest BCUT2D eigenvalue weighted by Crippen LogP contribution is -2.26. The Kier molecular flexibility index (Phi) is 5.00. The lowest BCUT2D eigenvalue weighted by atomic mass is 9.83. The molecule has 19 heavy (non-hydrogen) atoms. The van der Waals surface area contributed by atoms with Crippen LogP contribution in [0.4, 0.5) is 5.82 Å². The van der Waals surface area contributed by atoms with Gasteiger partial charge in [-0.2, -0.15) is 4.98 Å². The van der Waals surface area contributed by atoms with Crippen LogP contribution in [0.5, 0.6) is 5.88 Å². The SMILES string of the molecule is CCCC1CCC(Nc2cc(OC)nc(C)n2)CC1. The van der Waals surface area contributed by atoms with E-state index in [4.69, 9.17) is 4.74 Å². The Morgan fingerprint density at radius 2 is 2.00 bits per heavy atom. The molecule has 0 bridgehead atoms. The molecule has 1 aliphatic carbocycles. The van der Waals surface area contributed by atoms with Gasteiger partial charge < -0.3 is 10.1 Å². The van der Waals surface area contributed by atoms with Gasteiger partial charge in [-0.3, -0.25) is 0 Å². The monoisotopic (exact) mass is 263 g/mol. The van der Waals surface area contributed by atoms with Gasteiger partial charge in [-0.1, -0.05) is 19.8 Å². The van der Waals surface area contributed by atoms with Gasteiger partial charge in [0, 0.05) is 12.1 Å². The molecular formula is C15H25N3O. The van der Waals surface area contributed by atoms with Crippen LogP contribution in [0, 0.1) is 12.8 Å². The third-order valence-corrected chi connectivity index (χ3v) is 3.92. The van der Waals surface area contributed by atoms with E-state index in [1.807, 2.05) is 13.0 Å². The zero-order valence-corrected chi connectivity index (χ0v) is 12.3. The third-order valence-electron chi connectivity index (χ3n) is 3.92. The maximum absolute atomic E-state index is 5.18. The summed E-state index contributed by atoms with van der Waals surface area (Å²) in [6.07, 6.45) is 7.86. The van der Waals surface area contributed by atoms with Crippen LogP contribution in [0.3, 0.4) is 0 Å². The normalized spacial score (nSPS) is 23.1. The standard InChI is InChI=1S/C15H25N3O/c1-4-5-12-6-8-13(9-7-12)18-14-10-15(19-3)17-11(2)16-14/h10,12-13H,4-9H2,1-3H3,(H,16,17,18). The molecular weight excluding hydrogens is 238 g/mol. The van der Waals surface area contributed by atoms with Crippen LogP contribution in [0.1, 0.15) is 51.3 Å². The third kappa shape index (κ3) is 4.08. The number of hydrogen-bond acceptors (Lipinski definition) is 4. The molecule has 0 aromatic carbocycles. The summed E-state index contributed by atoms with van der Waals surface area (Å²) in [5.41, 5.74) is 0. The molecule has 1 N–H and O–H groups in total. The van der Waals surface area contributed by atoms with Gasteiger partial charge in [-0.05, 0) is 38.5 Å². The van der Waals surface area contributed by atoms with Gasteiger partial charge in [0.25, 0.3) is 0 Å². The van der Waals surface area contributed by atoms with Crippen molar-refractivity contribution in [2.45, 2.75) is 58.4 Å². The molecule has 4 heteroatoms. The molecule has 1 heterocycles. The minimum Gasteiger partial charge on any atom is -0.481 e. The van der Waals surface area contributed by atoms with Crippen LogP contribution in [0.25, 0.3) is 0 Å². The lowest BCUT2D eigenvalue weighted by Gasteiger charge is -2.29. The van der Waals surface area contributed by atoms with Gasteiger partial charge in [0.15, 0.2) is 0 Å². The smallest absolute Gasteiger partial charge is 0.218 e. The maximum atomic E-state index is 5.18. The molecule has 1 aromatic rings. The fourth-order valence-electron chi connectivity index (χ4n) is 2.93. The molecule has 1 saturated carbocycles. The summed E-state index contributed by atoms with van der Waals surface area (Å²) in [6.45, 7) is 4.17. The van der Waals surface area contributed by atoms with E-state index in [9.17, 15) is 0 Å². The predicted octanol–water partition coefficient (Wildman–Crippen LogP) is 3.56. The highest BCUT2D eigenvalue weighted by Gasteiger charge is 2.20. The first-order valence-electron chi connectivity index (χ1n) is 7.37. The van der Waals surface area contributed by atoms with E-state index in [2.05, 4.69) is 22.2 Å². The van der Waals surface area contributed by atoms with Crippen LogP contribution in [0.15, 0.2) is 6.07 Å². The van der Waals surface area contributed by atoms with Gasteiger partial charge in [0.2, 0.25) is 5.88 Å². The molecule has 2 rings (SSSR count). The Morgan fingerprint density at radius 1 is 1.26 bits per heavy atom. The number of aromatic nitrogens is 2. The Labute approximate surface area is 116 Å². The van der Waals surface area contributed by atoms with Gasteiger partial charge in [-0.25, -0.2) is 4.98 Å². The molecule has 0 aliphatic heterocycles. The molecule has 0 atom stereocenters. The average Bonchev–Trinajstić information content (AvgIpc) is 2.40.